The Labute approximate surface area is 165 Å². The SMILES string of the molecule is C1=CSCC1.CC.COc1nc2c(N)c(C3CCC3)ccc2cc1C(N)=O. The third-order valence-corrected chi connectivity index (χ3v) is 5.48. The van der Waals surface area contributed by atoms with Gasteiger partial charge in [0.15, 0.2) is 0 Å². The van der Waals surface area contributed by atoms with Crippen LogP contribution in [-0.4, -0.2) is 23.8 Å². The van der Waals surface area contributed by atoms with Crippen molar-refractivity contribution in [2.75, 3.05) is 18.6 Å². The Kier molecular flexibility index (Phi) is 7.98. The molecule has 2 heterocycles. The zero-order valence-corrected chi connectivity index (χ0v) is 17.1. The first kappa shape index (κ1) is 21.1. The molecule has 0 radical (unpaired) electrons. The molecule has 0 unspecified atom stereocenters. The largest absolute Gasteiger partial charge is 0.480 e. The van der Waals surface area contributed by atoms with Crippen LogP contribution in [0.4, 0.5) is 5.69 Å². The third-order valence-electron chi connectivity index (χ3n) is 4.62. The number of ether oxygens (including phenoxy) is 1. The number of benzene rings is 1. The van der Waals surface area contributed by atoms with Crippen LogP contribution in [0.2, 0.25) is 0 Å². The molecule has 1 aliphatic heterocycles. The van der Waals surface area contributed by atoms with E-state index in [1.54, 1.807) is 6.07 Å². The molecule has 2 aliphatic rings. The van der Waals surface area contributed by atoms with Crippen LogP contribution in [0.15, 0.2) is 29.7 Å². The molecule has 1 saturated carbocycles. The number of fused-ring (bicyclic) bond motifs is 1. The lowest BCUT2D eigenvalue weighted by atomic mass is 9.79. The van der Waals surface area contributed by atoms with Gasteiger partial charge < -0.3 is 16.2 Å². The van der Waals surface area contributed by atoms with Crippen LogP contribution in [0, 0.1) is 0 Å². The van der Waals surface area contributed by atoms with Gasteiger partial charge in [-0.1, -0.05) is 38.5 Å². The van der Waals surface area contributed by atoms with Crippen molar-refractivity contribution in [1.82, 2.24) is 4.98 Å². The number of carbonyl (C=O) groups is 1. The van der Waals surface area contributed by atoms with Crippen molar-refractivity contribution in [2.45, 2.75) is 45.4 Å². The number of rotatable bonds is 3. The molecule has 5 nitrogen and oxygen atoms in total. The summed E-state index contributed by atoms with van der Waals surface area (Å²) in [5, 5.41) is 2.96. The molecule has 6 heteroatoms. The second-order valence-electron chi connectivity index (χ2n) is 6.21. The molecule has 1 aliphatic carbocycles. The zero-order chi connectivity index (χ0) is 19.8. The Morgan fingerprint density at radius 3 is 2.48 bits per heavy atom. The fourth-order valence-electron chi connectivity index (χ4n) is 3.01. The molecular weight excluding hydrogens is 358 g/mol. The van der Waals surface area contributed by atoms with E-state index < -0.39 is 5.91 Å². The number of thioether (sulfide) groups is 1. The molecule has 2 aromatic rings. The van der Waals surface area contributed by atoms with Gasteiger partial charge in [-0.2, -0.15) is 0 Å². The first-order chi connectivity index (χ1) is 13.1. The van der Waals surface area contributed by atoms with E-state index in [1.807, 2.05) is 37.7 Å². The van der Waals surface area contributed by atoms with Crippen LogP contribution in [-0.2, 0) is 0 Å². The van der Waals surface area contributed by atoms with Crippen LogP contribution >= 0.6 is 11.8 Å². The smallest absolute Gasteiger partial charge is 0.254 e. The van der Waals surface area contributed by atoms with Gasteiger partial charge in [0.1, 0.15) is 5.56 Å². The standard InChI is InChI=1S/C15H17N3O2.C4H6S.C2H6/c1-20-15-11(14(17)19)7-9-5-6-10(8-3-2-4-8)12(16)13(9)18-15;1-2-4-5-3-1;1-2/h5-8H,2-4,16H2,1H3,(H2,17,19);1,3H,2,4H2;1-2H3. The van der Waals surface area contributed by atoms with Gasteiger partial charge in [-0.15, -0.1) is 11.8 Å². The second kappa shape index (κ2) is 10.2. The summed E-state index contributed by atoms with van der Waals surface area (Å²) in [5.41, 5.74) is 14.4. The normalized spacial score (nSPS) is 15.2. The summed E-state index contributed by atoms with van der Waals surface area (Å²) in [6, 6.07) is 5.66. The van der Waals surface area contributed by atoms with E-state index in [1.165, 1.54) is 38.5 Å². The van der Waals surface area contributed by atoms with Crippen molar-refractivity contribution in [3.8, 4) is 5.88 Å². The van der Waals surface area contributed by atoms with Crippen molar-refractivity contribution in [3.63, 3.8) is 0 Å². The lowest BCUT2D eigenvalue weighted by Crippen LogP contribution is -2.14. The van der Waals surface area contributed by atoms with Gasteiger partial charge in [0, 0.05) is 11.1 Å². The zero-order valence-electron chi connectivity index (χ0n) is 16.3. The lowest BCUT2D eigenvalue weighted by Gasteiger charge is -2.27. The van der Waals surface area contributed by atoms with E-state index >= 15 is 0 Å². The van der Waals surface area contributed by atoms with Crippen LogP contribution in [0.25, 0.3) is 10.9 Å². The number of nitrogens with zero attached hydrogens (tertiary/aromatic N) is 1. The van der Waals surface area contributed by atoms with Crippen molar-refractivity contribution >= 4 is 34.3 Å². The molecule has 0 atom stereocenters. The van der Waals surface area contributed by atoms with Crippen molar-refractivity contribution < 1.29 is 9.53 Å². The average Bonchev–Trinajstić information content (AvgIpc) is 3.23. The minimum Gasteiger partial charge on any atom is -0.480 e. The molecule has 1 fully saturated rings. The number of nitrogens with two attached hydrogens (primary N) is 2. The summed E-state index contributed by atoms with van der Waals surface area (Å²) in [6.07, 6.45) is 7.08. The number of allylic oxidation sites excluding steroid dienone is 1. The second-order valence-corrected chi connectivity index (χ2v) is 7.22. The lowest BCUT2D eigenvalue weighted by molar-refractivity contribution is 0.0997. The summed E-state index contributed by atoms with van der Waals surface area (Å²) in [7, 11) is 1.46. The summed E-state index contributed by atoms with van der Waals surface area (Å²) < 4.78 is 5.14. The van der Waals surface area contributed by atoms with Gasteiger partial charge in [-0.3, -0.25) is 4.79 Å². The molecule has 4 rings (SSSR count). The molecule has 0 spiro atoms. The highest BCUT2D eigenvalue weighted by Gasteiger charge is 2.23. The fraction of sp³-hybridized carbons (Fsp3) is 0.429. The van der Waals surface area contributed by atoms with E-state index in [4.69, 9.17) is 16.2 Å². The maximum Gasteiger partial charge on any atom is 0.254 e. The monoisotopic (exact) mass is 387 g/mol. The molecule has 0 saturated heterocycles. The van der Waals surface area contributed by atoms with E-state index in [-0.39, 0.29) is 11.4 Å². The summed E-state index contributed by atoms with van der Waals surface area (Å²) in [4.78, 5) is 15.8. The topological polar surface area (TPSA) is 91.2 Å². The van der Waals surface area contributed by atoms with E-state index in [9.17, 15) is 4.79 Å². The highest BCUT2D eigenvalue weighted by molar-refractivity contribution is 8.02. The highest BCUT2D eigenvalue weighted by Crippen LogP contribution is 2.41. The van der Waals surface area contributed by atoms with Crippen LogP contribution < -0.4 is 16.2 Å². The first-order valence-electron chi connectivity index (χ1n) is 9.45. The van der Waals surface area contributed by atoms with E-state index in [0.717, 1.165) is 10.9 Å². The molecular formula is C21H29N3O2S. The number of pyridine rings is 1. The highest BCUT2D eigenvalue weighted by atomic mass is 32.2. The number of hydrogen-bond acceptors (Lipinski definition) is 5. The van der Waals surface area contributed by atoms with Crippen molar-refractivity contribution in [2.24, 2.45) is 5.73 Å². The minimum atomic E-state index is -0.558. The van der Waals surface area contributed by atoms with Gasteiger partial charge in [0.05, 0.1) is 18.3 Å². The molecule has 27 heavy (non-hydrogen) atoms. The van der Waals surface area contributed by atoms with Crippen molar-refractivity contribution in [1.29, 1.82) is 0 Å². The number of anilines is 1. The van der Waals surface area contributed by atoms with Crippen LogP contribution in [0.1, 0.15) is 61.4 Å². The fourth-order valence-corrected chi connectivity index (χ4v) is 3.69. The number of primary amides is 1. The Bertz CT molecular complexity index is 811. The molecule has 1 amide bonds. The van der Waals surface area contributed by atoms with Crippen LogP contribution in [0.3, 0.4) is 0 Å². The number of carbonyl (C=O) groups excluding carboxylic acids is 1. The van der Waals surface area contributed by atoms with Gasteiger partial charge in [-0.05, 0) is 42.2 Å². The van der Waals surface area contributed by atoms with Crippen LogP contribution in [0.5, 0.6) is 5.88 Å². The summed E-state index contributed by atoms with van der Waals surface area (Å²) >= 11 is 1.89. The molecule has 1 aromatic carbocycles. The summed E-state index contributed by atoms with van der Waals surface area (Å²) in [6.45, 7) is 4.00. The van der Waals surface area contributed by atoms with E-state index in [0.29, 0.717) is 17.1 Å². The van der Waals surface area contributed by atoms with Gasteiger partial charge in [0.2, 0.25) is 5.88 Å². The minimum absolute atomic E-state index is 0.224. The average molecular weight is 388 g/mol. The number of aromatic nitrogens is 1. The quantitative estimate of drug-likeness (QED) is 0.734. The predicted molar refractivity (Wildman–Crippen MR) is 115 cm³/mol. The summed E-state index contributed by atoms with van der Waals surface area (Å²) in [5.74, 6) is 1.50. The molecule has 0 bridgehead atoms. The van der Waals surface area contributed by atoms with Crippen molar-refractivity contribution in [3.05, 3.63) is 40.8 Å². The van der Waals surface area contributed by atoms with Gasteiger partial charge >= 0.3 is 0 Å². The van der Waals surface area contributed by atoms with Gasteiger partial charge in [0.25, 0.3) is 5.91 Å². The van der Waals surface area contributed by atoms with E-state index in [2.05, 4.69) is 16.5 Å². The Hall–Kier alpha value is -2.21. The maximum absolute atomic E-state index is 11.4. The Balaban J connectivity index is 0.000000318. The number of nitrogen functional groups attached to an aromatic ring is 1. The molecule has 4 N–H and O–H groups in total. The van der Waals surface area contributed by atoms with Gasteiger partial charge in [-0.25, -0.2) is 4.98 Å². The number of methoxy groups -OCH3 is 1. The predicted octanol–water partition coefficient (Wildman–Crippen LogP) is 4.86. The molecule has 146 valence electrons. The number of amides is 1. The Morgan fingerprint density at radius 2 is 2.04 bits per heavy atom. The Morgan fingerprint density at radius 1 is 1.30 bits per heavy atom. The maximum atomic E-state index is 11.4. The first-order valence-corrected chi connectivity index (χ1v) is 10.5. The number of hydrogen-bond donors (Lipinski definition) is 2. The molecule has 1 aromatic heterocycles. The third kappa shape index (κ3) is 4.95.